The number of hydrogen-bond acceptors (Lipinski definition) is 5. The highest BCUT2D eigenvalue weighted by atomic mass is 19.1. The summed E-state index contributed by atoms with van der Waals surface area (Å²) in [6, 6.07) is 5.91. The van der Waals surface area contributed by atoms with E-state index in [0.717, 1.165) is 18.4 Å². The van der Waals surface area contributed by atoms with E-state index < -0.39 is 0 Å². The molecule has 170 valence electrons. The van der Waals surface area contributed by atoms with Gasteiger partial charge in [-0.05, 0) is 50.3 Å². The van der Waals surface area contributed by atoms with Gasteiger partial charge in [0.05, 0.1) is 24.5 Å². The number of likely N-dealkylation sites (tertiary alicyclic amines) is 2. The van der Waals surface area contributed by atoms with Gasteiger partial charge in [0.25, 0.3) is 0 Å². The Morgan fingerprint density at radius 2 is 1.81 bits per heavy atom. The van der Waals surface area contributed by atoms with Gasteiger partial charge in [-0.25, -0.2) is 4.39 Å². The number of amides is 2. The number of halogens is 1. The number of methoxy groups -OCH3 is 1. The molecule has 2 fully saturated rings. The number of rotatable bonds is 6. The van der Waals surface area contributed by atoms with Crippen LogP contribution in [-0.4, -0.2) is 67.5 Å². The molecule has 31 heavy (non-hydrogen) atoms. The van der Waals surface area contributed by atoms with E-state index in [1.54, 1.807) is 28.9 Å². The molecule has 3 rings (SSSR count). The van der Waals surface area contributed by atoms with Crippen LogP contribution >= 0.6 is 0 Å². The monoisotopic (exact) mass is 434 g/mol. The summed E-state index contributed by atoms with van der Waals surface area (Å²) in [4.78, 5) is 41.5. The first kappa shape index (κ1) is 23.2. The van der Waals surface area contributed by atoms with Crippen LogP contribution in [0.3, 0.4) is 0 Å². The molecule has 7 nitrogen and oxygen atoms in total. The maximum atomic E-state index is 13.4. The molecule has 1 aromatic rings. The lowest BCUT2D eigenvalue weighted by molar-refractivity contribution is -0.152. The summed E-state index contributed by atoms with van der Waals surface area (Å²) in [5.74, 6) is -1.43. The predicted octanol–water partition coefficient (Wildman–Crippen LogP) is 2.55. The fourth-order valence-corrected chi connectivity index (χ4v) is 4.57. The van der Waals surface area contributed by atoms with Crippen molar-refractivity contribution in [2.75, 3.05) is 40.0 Å². The lowest BCUT2D eigenvalue weighted by atomic mass is 9.87. The summed E-state index contributed by atoms with van der Waals surface area (Å²) >= 11 is 0. The van der Waals surface area contributed by atoms with Gasteiger partial charge in [-0.3, -0.25) is 14.4 Å². The molecule has 3 atom stereocenters. The van der Waals surface area contributed by atoms with Crippen molar-refractivity contribution < 1.29 is 28.2 Å². The Morgan fingerprint density at radius 3 is 2.48 bits per heavy atom. The normalized spacial score (nSPS) is 24.0. The molecule has 0 radical (unpaired) electrons. The number of piperidine rings is 2. The molecule has 3 unspecified atom stereocenters. The van der Waals surface area contributed by atoms with E-state index in [1.807, 2.05) is 0 Å². The van der Waals surface area contributed by atoms with Crippen molar-refractivity contribution in [2.24, 2.45) is 11.8 Å². The minimum atomic E-state index is -0.335. The van der Waals surface area contributed by atoms with Gasteiger partial charge in [0, 0.05) is 26.7 Å². The molecule has 0 spiro atoms. The van der Waals surface area contributed by atoms with Crippen LogP contribution in [0.1, 0.15) is 44.2 Å². The van der Waals surface area contributed by atoms with E-state index in [0.29, 0.717) is 32.5 Å². The summed E-state index contributed by atoms with van der Waals surface area (Å²) in [6.45, 7) is 3.28. The zero-order chi connectivity index (χ0) is 22.4. The van der Waals surface area contributed by atoms with E-state index in [1.165, 1.54) is 19.2 Å². The number of carbonyl (C=O) groups excluding carboxylic acids is 3. The van der Waals surface area contributed by atoms with Crippen molar-refractivity contribution in [1.29, 1.82) is 0 Å². The molecule has 0 bridgehead atoms. The Balaban J connectivity index is 1.71. The van der Waals surface area contributed by atoms with Crippen molar-refractivity contribution in [3.8, 4) is 0 Å². The Labute approximate surface area is 182 Å². The second-order valence-electron chi connectivity index (χ2n) is 8.20. The van der Waals surface area contributed by atoms with Gasteiger partial charge in [0.2, 0.25) is 11.8 Å². The Morgan fingerprint density at radius 1 is 1.06 bits per heavy atom. The summed E-state index contributed by atoms with van der Waals surface area (Å²) < 4.78 is 23.5. The molecule has 2 amide bonds. The molecule has 2 heterocycles. The average molecular weight is 435 g/mol. The van der Waals surface area contributed by atoms with E-state index >= 15 is 0 Å². The van der Waals surface area contributed by atoms with Crippen LogP contribution in [0.5, 0.6) is 0 Å². The second-order valence-corrected chi connectivity index (χ2v) is 8.20. The Kier molecular flexibility index (Phi) is 8.01. The number of hydrogen-bond donors (Lipinski definition) is 0. The van der Waals surface area contributed by atoms with Crippen molar-refractivity contribution >= 4 is 17.8 Å². The van der Waals surface area contributed by atoms with Crippen LogP contribution < -0.4 is 0 Å². The number of esters is 1. The number of carbonyl (C=O) groups is 3. The topological polar surface area (TPSA) is 76.2 Å². The highest BCUT2D eigenvalue weighted by molar-refractivity contribution is 5.83. The van der Waals surface area contributed by atoms with E-state index in [-0.39, 0.29) is 54.6 Å². The van der Waals surface area contributed by atoms with E-state index in [4.69, 9.17) is 9.47 Å². The number of benzene rings is 1. The summed E-state index contributed by atoms with van der Waals surface area (Å²) in [6.07, 6.45) is 2.70. The maximum absolute atomic E-state index is 13.4. The first-order valence-corrected chi connectivity index (χ1v) is 10.9. The van der Waals surface area contributed by atoms with Crippen molar-refractivity contribution in [2.45, 2.75) is 38.6 Å². The second kappa shape index (κ2) is 10.7. The van der Waals surface area contributed by atoms with Crippen LogP contribution in [0.15, 0.2) is 24.3 Å². The van der Waals surface area contributed by atoms with Gasteiger partial charge in [-0.1, -0.05) is 12.1 Å². The third kappa shape index (κ3) is 5.61. The molecular formula is C23H31FN2O5. The molecule has 0 saturated carbocycles. The average Bonchev–Trinajstić information content (AvgIpc) is 2.79. The lowest BCUT2D eigenvalue weighted by Crippen LogP contribution is -2.51. The minimum absolute atomic E-state index is 0.0261. The van der Waals surface area contributed by atoms with Gasteiger partial charge in [-0.15, -0.1) is 0 Å². The predicted molar refractivity (Wildman–Crippen MR) is 111 cm³/mol. The van der Waals surface area contributed by atoms with Crippen molar-refractivity contribution in [1.82, 2.24) is 9.80 Å². The lowest BCUT2D eigenvalue weighted by Gasteiger charge is -2.42. The van der Waals surface area contributed by atoms with Crippen LogP contribution in [0.4, 0.5) is 4.39 Å². The Bertz CT molecular complexity index is 785. The van der Waals surface area contributed by atoms with Gasteiger partial charge >= 0.3 is 5.97 Å². The zero-order valence-corrected chi connectivity index (χ0v) is 18.2. The Hall–Kier alpha value is -2.48. The number of nitrogens with zero attached hydrogens (tertiary/aromatic N) is 2. The summed E-state index contributed by atoms with van der Waals surface area (Å²) in [5.41, 5.74) is 0.845. The molecule has 1 aromatic carbocycles. The molecule has 2 aliphatic rings. The smallest absolute Gasteiger partial charge is 0.310 e. The SMILES string of the molecule is CCOC(=O)C1CCCN(C(=O)C2CCC(c3ccc(F)cc3)N(C(=O)COC)C2)C1. The van der Waals surface area contributed by atoms with Crippen LogP contribution in [0.25, 0.3) is 0 Å². The van der Waals surface area contributed by atoms with Gasteiger partial charge in [0.1, 0.15) is 12.4 Å². The van der Waals surface area contributed by atoms with Crippen LogP contribution in [-0.2, 0) is 23.9 Å². The number of ether oxygens (including phenoxy) is 2. The first-order chi connectivity index (χ1) is 14.9. The quantitative estimate of drug-likeness (QED) is 0.644. The molecule has 0 N–H and O–H groups in total. The summed E-state index contributed by atoms with van der Waals surface area (Å²) in [5, 5.41) is 0. The molecule has 2 saturated heterocycles. The molecule has 8 heteroatoms. The maximum Gasteiger partial charge on any atom is 0.310 e. The first-order valence-electron chi connectivity index (χ1n) is 10.9. The highest BCUT2D eigenvalue weighted by Gasteiger charge is 2.38. The van der Waals surface area contributed by atoms with Gasteiger partial charge in [0.15, 0.2) is 0 Å². The molecule has 0 aliphatic carbocycles. The standard InChI is InChI=1S/C23H31FN2O5/c1-3-31-23(29)18-5-4-12-25(13-18)22(28)17-8-11-20(16-6-9-19(24)10-7-16)26(14-17)21(27)15-30-2/h6-7,9-10,17-18,20H,3-5,8,11-15H2,1-2H3. The molecular weight excluding hydrogens is 403 g/mol. The third-order valence-corrected chi connectivity index (χ3v) is 6.13. The third-order valence-electron chi connectivity index (χ3n) is 6.13. The van der Waals surface area contributed by atoms with Crippen molar-refractivity contribution in [3.63, 3.8) is 0 Å². The fraction of sp³-hybridized carbons (Fsp3) is 0.609. The van der Waals surface area contributed by atoms with Crippen LogP contribution in [0, 0.1) is 17.7 Å². The zero-order valence-electron chi connectivity index (χ0n) is 18.2. The van der Waals surface area contributed by atoms with Gasteiger partial charge in [-0.2, -0.15) is 0 Å². The molecule has 0 aromatic heterocycles. The van der Waals surface area contributed by atoms with Crippen LogP contribution in [0.2, 0.25) is 0 Å². The van der Waals surface area contributed by atoms with E-state index in [9.17, 15) is 18.8 Å². The highest BCUT2D eigenvalue weighted by Crippen LogP contribution is 2.35. The van der Waals surface area contributed by atoms with E-state index in [2.05, 4.69) is 0 Å². The largest absolute Gasteiger partial charge is 0.466 e. The van der Waals surface area contributed by atoms with Crippen molar-refractivity contribution in [3.05, 3.63) is 35.6 Å². The fourth-order valence-electron chi connectivity index (χ4n) is 4.57. The minimum Gasteiger partial charge on any atom is -0.466 e. The molecule has 2 aliphatic heterocycles. The van der Waals surface area contributed by atoms with Gasteiger partial charge < -0.3 is 19.3 Å². The summed E-state index contributed by atoms with van der Waals surface area (Å²) in [7, 11) is 1.46.